The molecule has 138 valence electrons. The summed E-state index contributed by atoms with van der Waals surface area (Å²) in [5, 5.41) is 2.86. The van der Waals surface area contributed by atoms with E-state index < -0.39 is 5.97 Å². The first-order valence-electron chi connectivity index (χ1n) is 8.39. The van der Waals surface area contributed by atoms with Crippen LogP contribution in [0.15, 0.2) is 54.6 Å². The summed E-state index contributed by atoms with van der Waals surface area (Å²) in [5.41, 5.74) is 2.04. The molecule has 26 heavy (non-hydrogen) atoms. The van der Waals surface area contributed by atoms with Crippen molar-refractivity contribution in [1.82, 2.24) is 10.2 Å². The second-order valence-corrected chi connectivity index (χ2v) is 5.75. The fourth-order valence-electron chi connectivity index (χ4n) is 2.44. The highest BCUT2D eigenvalue weighted by Crippen LogP contribution is 2.11. The number of carbonyl (C=O) groups is 2. The first-order valence-corrected chi connectivity index (χ1v) is 8.39. The summed E-state index contributed by atoms with van der Waals surface area (Å²) in [6, 6.07) is 16.9. The summed E-state index contributed by atoms with van der Waals surface area (Å²) in [5.74, 6) is 0.344. The Bertz CT molecular complexity index is 702. The topological polar surface area (TPSA) is 67.9 Å². The molecular weight excluding hydrogens is 332 g/mol. The van der Waals surface area contributed by atoms with Crippen molar-refractivity contribution in [3.05, 3.63) is 65.7 Å². The van der Waals surface area contributed by atoms with Gasteiger partial charge in [0.25, 0.3) is 0 Å². The van der Waals surface area contributed by atoms with E-state index in [0.717, 1.165) is 16.9 Å². The number of methoxy groups -OCH3 is 2. The van der Waals surface area contributed by atoms with Crippen LogP contribution in [0.2, 0.25) is 0 Å². The van der Waals surface area contributed by atoms with Crippen molar-refractivity contribution in [1.29, 1.82) is 0 Å². The smallest absolute Gasteiger partial charge is 0.325 e. The molecule has 2 aromatic carbocycles. The average molecular weight is 356 g/mol. The zero-order valence-corrected chi connectivity index (χ0v) is 15.1. The van der Waals surface area contributed by atoms with Crippen LogP contribution in [0, 0.1) is 0 Å². The molecule has 6 heteroatoms. The van der Waals surface area contributed by atoms with Gasteiger partial charge in [0.05, 0.1) is 14.2 Å². The number of esters is 1. The monoisotopic (exact) mass is 356 g/mol. The third-order valence-electron chi connectivity index (χ3n) is 3.90. The molecule has 0 saturated heterocycles. The van der Waals surface area contributed by atoms with Crippen LogP contribution in [0.3, 0.4) is 0 Å². The van der Waals surface area contributed by atoms with E-state index in [2.05, 4.69) is 5.32 Å². The molecule has 0 radical (unpaired) electrons. The quantitative estimate of drug-likeness (QED) is 0.739. The van der Waals surface area contributed by atoms with Crippen molar-refractivity contribution in [3.8, 4) is 5.75 Å². The zero-order chi connectivity index (χ0) is 18.8. The Hall–Kier alpha value is -3.02. The van der Waals surface area contributed by atoms with E-state index >= 15 is 0 Å². The fourth-order valence-corrected chi connectivity index (χ4v) is 2.44. The molecule has 0 aliphatic heterocycles. The molecule has 1 N–H and O–H groups in total. The summed E-state index contributed by atoms with van der Waals surface area (Å²) in [6.45, 7) is 0.710. The summed E-state index contributed by atoms with van der Waals surface area (Å²) in [7, 11) is 2.93. The minimum Gasteiger partial charge on any atom is -0.497 e. The van der Waals surface area contributed by atoms with Crippen molar-refractivity contribution >= 4 is 12.0 Å². The summed E-state index contributed by atoms with van der Waals surface area (Å²) >= 11 is 0. The Balaban J connectivity index is 1.90. The molecule has 0 saturated carbocycles. The first kappa shape index (κ1) is 19.3. The first-order chi connectivity index (χ1) is 12.6. The van der Waals surface area contributed by atoms with Gasteiger partial charge in [-0.2, -0.15) is 0 Å². The van der Waals surface area contributed by atoms with E-state index in [1.54, 1.807) is 7.11 Å². The van der Waals surface area contributed by atoms with Crippen molar-refractivity contribution in [3.63, 3.8) is 0 Å². The van der Waals surface area contributed by atoms with Crippen LogP contribution in [0.4, 0.5) is 4.79 Å². The lowest BCUT2D eigenvalue weighted by Gasteiger charge is -2.22. The van der Waals surface area contributed by atoms with Gasteiger partial charge in [-0.25, -0.2) is 4.79 Å². The number of hydrogen-bond acceptors (Lipinski definition) is 4. The highest BCUT2D eigenvalue weighted by molar-refractivity contribution is 5.80. The van der Waals surface area contributed by atoms with E-state index in [9.17, 15) is 9.59 Å². The van der Waals surface area contributed by atoms with Gasteiger partial charge in [-0.3, -0.25) is 4.79 Å². The van der Waals surface area contributed by atoms with Gasteiger partial charge in [0.1, 0.15) is 12.3 Å². The largest absolute Gasteiger partial charge is 0.497 e. The molecule has 2 rings (SSSR count). The highest BCUT2D eigenvalue weighted by Gasteiger charge is 2.17. The summed E-state index contributed by atoms with van der Waals surface area (Å²) in [6.07, 6.45) is 0.688. The Labute approximate surface area is 153 Å². The molecule has 0 unspecified atom stereocenters. The Morgan fingerprint density at radius 3 is 2.27 bits per heavy atom. The lowest BCUT2D eigenvalue weighted by molar-refractivity contribution is -0.141. The van der Waals surface area contributed by atoms with Crippen LogP contribution >= 0.6 is 0 Å². The zero-order valence-electron chi connectivity index (χ0n) is 15.1. The van der Waals surface area contributed by atoms with Crippen LogP contribution < -0.4 is 10.1 Å². The number of benzene rings is 2. The van der Waals surface area contributed by atoms with E-state index in [-0.39, 0.29) is 12.6 Å². The Morgan fingerprint density at radius 1 is 0.962 bits per heavy atom. The second-order valence-electron chi connectivity index (χ2n) is 5.75. The van der Waals surface area contributed by atoms with Crippen LogP contribution in [0.1, 0.15) is 11.1 Å². The number of carbonyl (C=O) groups excluding carboxylic acids is 2. The molecule has 6 nitrogen and oxygen atoms in total. The van der Waals surface area contributed by atoms with Crippen LogP contribution in [0.25, 0.3) is 0 Å². The number of hydrogen-bond donors (Lipinski definition) is 1. The second kappa shape index (κ2) is 10.1. The van der Waals surface area contributed by atoms with Crippen molar-refractivity contribution < 1.29 is 19.1 Å². The molecule has 0 aliphatic rings. The van der Waals surface area contributed by atoms with Gasteiger partial charge >= 0.3 is 12.0 Å². The maximum atomic E-state index is 12.5. The number of ether oxygens (including phenoxy) is 2. The van der Waals surface area contributed by atoms with E-state index in [0.29, 0.717) is 19.5 Å². The highest BCUT2D eigenvalue weighted by atomic mass is 16.5. The number of amides is 2. The van der Waals surface area contributed by atoms with Gasteiger partial charge in [-0.1, -0.05) is 42.5 Å². The SMILES string of the molecule is COC(=O)CN(Cc1ccccc1)C(=O)NCCc1ccc(OC)cc1. The molecule has 0 aromatic heterocycles. The maximum absolute atomic E-state index is 12.5. The number of rotatable bonds is 8. The molecule has 0 bridgehead atoms. The van der Waals surface area contributed by atoms with E-state index in [4.69, 9.17) is 9.47 Å². The van der Waals surface area contributed by atoms with Gasteiger partial charge in [0.15, 0.2) is 0 Å². The molecule has 2 amide bonds. The maximum Gasteiger partial charge on any atom is 0.325 e. The van der Waals surface area contributed by atoms with Crippen LogP contribution in [0.5, 0.6) is 5.75 Å². The van der Waals surface area contributed by atoms with Gasteiger partial charge in [-0.05, 0) is 29.7 Å². The predicted molar refractivity (Wildman–Crippen MR) is 99.0 cm³/mol. The summed E-state index contributed by atoms with van der Waals surface area (Å²) in [4.78, 5) is 25.5. The minimum atomic E-state index is -0.453. The van der Waals surface area contributed by atoms with Gasteiger partial charge in [-0.15, -0.1) is 0 Å². The fraction of sp³-hybridized carbons (Fsp3) is 0.300. The summed E-state index contributed by atoms with van der Waals surface area (Å²) < 4.78 is 9.82. The minimum absolute atomic E-state index is 0.0975. The van der Waals surface area contributed by atoms with Gasteiger partial charge < -0.3 is 19.7 Å². The van der Waals surface area contributed by atoms with Gasteiger partial charge in [0.2, 0.25) is 0 Å². The standard InChI is InChI=1S/C20H24N2O4/c1-25-18-10-8-16(9-11-18)12-13-21-20(24)22(15-19(23)26-2)14-17-6-4-3-5-7-17/h3-11H,12-15H2,1-2H3,(H,21,24). The third-order valence-corrected chi connectivity index (χ3v) is 3.90. The molecule has 0 fully saturated rings. The number of nitrogens with zero attached hydrogens (tertiary/aromatic N) is 1. The lowest BCUT2D eigenvalue weighted by Crippen LogP contribution is -2.43. The molecular formula is C20H24N2O4. The van der Waals surface area contributed by atoms with Crippen LogP contribution in [-0.4, -0.2) is 44.2 Å². The molecule has 0 spiro atoms. The van der Waals surface area contributed by atoms with Crippen molar-refractivity contribution in [2.24, 2.45) is 0 Å². The predicted octanol–water partition coefficient (Wildman–Crippen LogP) is 2.62. The molecule has 0 atom stereocenters. The number of nitrogens with one attached hydrogen (secondary N) is 1. The van der Waals surface area contributed by atoms with E-state index in [1.165, 1.54) is 12.0 Å². The Kier molecular flexibility index (Phi) is 7.49. The normalized spacial score (nSPS) is 10.1. The molecule has 0 heterocycles. The van der Waals surface area contributed by atoms with Crippen LogP contribution in [-0.2, 0) is 22.5 Å². The van der Waals surface area contributed by atoms with Crippen molar-refractivity contribution in [2.75, 3.05) is 27.3 Å². The molecule has 0 aliphatic carbocycles. The number of urea groups is 1. The van der Waals surface area contributed by atoms with Crippen molar-refractivity contribution in [2.45, 2.75) is 13.0 Å². The molecule has 2 aromatic rings. The average Bonchev–Trinajstić information content (AvgIpc) is 2.68. The third kappa shape index (κ3) is 6.12. The van der Waals surface area contributed by atoms with E-state index in [1.807, 2.05) is 54.6 Å². The lowest BCUT2D eigenvalue weighted by atomic mass is 10.1. The Morgan fingerprint density at radius 2 is 1.65 bits per heavy atom. The van der Waals surface area contributed by atoms with Gasteiger partial charge in [0, 0.05) is 13.1 Å².